The zero-order valence-corrected chi connectivity index (χ0v) is 40.2. The van der Waals surface area contributed by atoms with Crippen LogP contribution in [-0.4, -0.2) is 160 Å². The van der Waals surface area contributed by atoms with Gasteiger partial charge in [-0.3, -0.25) is 9.59 Å². The molecule has 0 rings (SSSR count). The lowest BCUT2D eigenvalue weighted by atomic mass is 9.92. The molecular formula is C36H50Br2F26N4O2. The molecule has 0 aromatic rings. The molecule has 6 nitrogen and oxygen atoms in total. The maximum Gasteiger partial charge on any atom is 0.460 e. The van der Waals surface area contributed by atoms with E-state index in [9.17, 15) is 124 Å². The number of hydrogen-bond acceptors (Lipinski definition) is 2. The molecule has 0 aromatic carbocycles. The summed E-state index contributed by atoms with van der Waals surface area (Å²) in [5.74, 6) is -77.4. The summed E-state index contributed by atoms with van der Waals surface area (Å²) < 4.78 is 344. The number of unbranched alkanes of at least 4 members (excludes halogenated alkanes) is 9. The van der Waals surface area contributed by atoms with Gasteiger partial charge in [0.05, 0.1) is 41.3 Å². The molecule has 0 spiro atoms. The molecule has 70 heavy (non-hydrogen) atoms. The predicted molar refractivity (Wildman–Crippen MR) is 187 cm³/mol. The zero-order chi connectivity index (χ0) is 54.3. The van der Waals surface area contributed by atoms with E-state index in [1.165, 1.54) is 28.2 Å². The third kappa shape index (κ3) is 16.8. The molecule has 2 amide bonds. The third-order valence-electron chi connectivity index (χ3n) is 10.4. The summed E-state index contributed by atoms with van der Waals surface area (Å²) in [6, 6.07) is 0. The molecule has 0 aliphatic carbocycles. The summed E-state index contributed by atoms with van der Waals surface area (Å²) in [4.78, 5) is 24.4. The first kappa shape index (κ1) is 72.2. The van der Waals surface area contributed by atoms with Crippen LogP contribution in [0.5, 0.6) is 0 Å². The van der Waals surface area contributed by atoms with Gasteiger partial charge in [-0.05, 0) is 25.7 Å². The van der Waals surface area contributed by atoms with Gasteiger partial charge in [-0.25, -0.2) is 0 Å². The molecular weight excluding hydrogens is 1170 g/mol. The van der Waals surface area contributed by atoms with Crippen LogP contribution in [-0.2, 0) is 9.59 Å². The molecule has 0 unspecified atom stereocenters. The Bertz CT molecular complexity index is 1510. The highest BCUT2D eigenvalue weighted by atomic mass is 79.9. The largest absolute Gasteiger partial charge is 1.00 e. The standard InChI is InChI=1S/C36H48F26N4O2.2BrH/c1-65(2,21-23(67)63-17-15-25(37,38)27(41,42)29(45,46)31(49,50)33(53,54)35(57,58)59)19-13-11-9-7-5-6-8-10-12-14-20-66(3,4)22-24(68)64-18-16-26(39,40)28(43,44)30(47,48)32(51,52)34(55,56)36(60,61)62;;/h5-22H2,1-4H3;2*1H. The molecule has 0 saturated carbocycles. The maximum absolute atomic E-state index is 14.0. The normalized spacial score (nSPS) is 14.8. The fourth-order valence-corrected chi connectivity index (χ4v) is 6.18. The van der Waals surface area contributed by atoms with Crippen molar-refractivity contribution in [3.8, 4) is 0 Å². The molecule has 0 atom stereocenters. The van der Waals surface area contributed by atoms with Gasteiger partial charge in [-0.2, -0.15) is 114 Å². The molecule has 0 bridgehead atoms. The minimum Gasteiger partial charge on any atom is -1.00 e. The Labute approximate surface area is 404 Å². The number of rotatable bonds is 31. The fraction of sp³-hybridized carbons (Fsp3) is 0.944. The highest BCUT2D eigenvalue weighted by Crippen LogP contribution is 2.62. The van der Waals surface area contributed by atoms with Gasteiger partial charge in [0.25, 0.3) is 11.8 Å². The van der Waals surface area contributed by atoms with Crippen molar-refractivity contribution in [1.82, 2.24) is 10.6 Å². The molecule has 0 aliphatic rings. The van der Waals surface area contributed by atoms with Crippen LogP contribution >= 0.6 is 0 Å². The Balaban J connectivity index is -0.0000224. The van der Waals surface area contributed by atoms with E-state index < -0.39 is 122 Å². The average molecular weight is 1220 g/mol. The average Bonchev–Trinajstić information content (AvgIpc) is 3.12. The molecule has 0 heterocycles. The predicted octanol–water partition coefficient (Wildman–Crippen LogP) is 5.54. The molecule has 422 valence electrons. The number of halogens is 28. The van der Waals surface area contributed by atoms with Gasteiger partial charge in [0.15, 0.2) is 13.1 Å². The van der Waals surface area contributed by atoms with Crippen molar-refractivity contribution in [3.05, 3.63) is 0 Å². The first-order chi connectivity index (χ1) is 29.9. The second-order valence-corrected chi connectivity index (χ2v) is 17.4. The Morgan fingerprint density at radius 2 is 0.529 bits per heavy atom. The van der Waals surface area contributed by atoms with Crippen molar-refractivity contribution < 1.29 is 167 Å². The number of hydrogen-bond donors (Lipinski definition) is 2. The number of amides is 2. The van der Waals surface area contributed by atoms with E-state index in [0.717, 1.165) is 25.7 Å². The van der Waals surface area contributed by atoms with Gasteiger partial charge >= 0.3 is 71.6 Å². The van der Waals surface area contributed by atoms with Crippen LogP contribution in [0, 0.1) is 0 Å². The van der Waals surface area contributed by atoms with Gasteiger partial charge in [-0.1, -0.05) is 38.5 Å². The van der Waals surface area contributed by atoms with E-state index >= 15 is 0 Å². The monoisotopic (exact) mass is 1220 g/mol. The maximum atomic E-state index is 14.0. The molecule has 34 heteroatoms. The summed E-state index contributed by atoms with van der Waals surface area (Å²) in [7, 11) is 5.87. The van der Waals surface area contributed by atoms with E-state index in [-0.39, 0.29) is 56.0 Å². The van der Waals surface area contributed by atoms with Gasteiger partial charge in [0.2, 0.25) is 0 Å². The lowest BCUT2D eigenvalue weighted by Gasteiger charge is -2.39. The summed E-state index contributed by atoms with van der Waals surface area (Å²) in [5.41, 5.74) is 0. The van der Waals surface area contributed by atoms with Crippen molar-refractivity contribution in [2.45, 2.75) is 149 Å². The first-order valence-electron chi connectivity index (χ1n) is 20.0. The van der Waals surface area contributed by atoms with E-state index in [4.69, 9.17) is 0 Å². The van der Waals surface area contributed by atoms with E-state index in [2.05, 4.69) is 0 Å². The van der Waals surface area contributed by atoms with Crippen molar-refractivity contribution >= 4 is 11.8 Å². The van der Waals surface area contributed by atoms with Crippen LogP contribution in [0.4, 0.5) is 114 Å². The Morgan fingerprint density at radius 3 is 0.743 bits per heavy atom. The zero-order valence-electron chi connectivity index (χ0n) is 37.0. The molecule has 0 aliphatic heterocycles. The molecule has 0 saturated heterocycles. The van der Waals surface area contributed by atoms with Gasteiger partial charge in [0, 0.05) is 25.9 Å². The van der Waals surface area contributed by atoms with Crippen molar-refractivity contribution in [3.63, 3.8) is 0 Å². The van der Waals surface area contributed by atoms with Crippen LogP contribution in [0.25, 0.3) is 0 Å². The fourth-order valence-electron chi connectivity index (χ4n) is 6.18. The van der Waals surface area contributed by atoms with Crippen LogP contribution in [0.3, 0.4) is 0 Å². The van der Waals surface area contributed by atoms with Crippen molar-refractivity contribution in [2.24, 2.45) is 0 Å². The molecule has 2 N–H and O–H groups in total. The van der Waals surface area contributed by atoms with Gasteiger partial charge in [0.1, 0.15) is 0 Å². The quantitative estimate of drug-likeness (QED) is 0.0546. The van der Waals surface area contributed by atoms with E-state index in [1.54, 1.807) is 10.6 Å². The smallest absolute Gasteiger partial charge is 0.460 e. The number of likely N-dealkylation sites (N-methyl/N-ethyl adjacent to an activating group) is 2. The Hall–Kier alpha value is -2.00. The van der Waals surface area contributed by atoms with Crippen LogP contribution in [0.1, 0.15) is 77.0 Å². The first-order valence-corrected chi connectivity index (χ1v) is 20.0. The number of carbonyl (C=O) groups excluding carboxylic acids is 2. The number of nitrogens with zero attached hydrogens (tertiary/aromatic N) is 2. The summed E-state index contributed by atoms with van der Waals surface area (Å²) in [5, 5.41) is 3.28. The molecule has 0 aromatic heterocycles. The summed E-state index contributed by atoms with van der Waals surface area (Å²) in [6.07, 6.45) is -13.5. The number of nitrogens with one attached hydrogen (secondary N) is 2. The minimum absolute atomic E-state index is 0. The van der Waals surface area contributed by atoms with Crippen molar-refractivity contribution in [1.29, 1.82) is 0 Å². The second-order valence-electron chi connectivity index (χ2n) is 17.4. The van der Waals surface area contributed by atoms with E-state index in [0.29, 0.717) is 38.5 Å². The second kappa shape index (κ2) is 25.0. The van der Waals surface area contributed by atoms with Crippen LogP contribution in [0.2, 0.25) is 0 Å². The number of carbonyl (C=O) groups is 2. The number of alkyl halides is 26. The van der Waals surface area contributed by atoms with Gasteiger partial charge < -0.3 is 53.6 Å². The SMILES string of the molecule is C[N+](C)(CCCCCCCCCCCC[N+](C)(C)CC(=O)NCCC(F)(F)C(F)(F)C(F)(F)C(F)(F)C(F)(F)C(F)(F)F)CC(=O)NCCC(F)(F)C(F)(F)C(F)(F)C(F)(F)C(F)(F)C(F)(F)F.[Br-].[Br-]. The van der Waals surface area contributed by atoms with E-state index in [1.807, 2.05) is 0 Å². The topological polar surface area (TPSA) is 58.2 Å². The lowest BCUT2D eigenvalue weighted by molar-refractivity contribution is -0.882. The van der Waals surface area contributed by atoms with Crippen molar-refractivity contribution in [2.75, 3.05) is 67.5 Å². The number of quaternary nitrogens is 2. The molecule has 0 fully saturated rings. The minimum atomic E-state index is -8.02. The van der Waals surface area contributed by atoms with Crippen LogP contribution < -0.4 is 44.6 Å². The highest BCUT2D eigenvalue weighted by Gasteiger charge is 2.92. The lowest BCUT2D eigenvalue weighted by Crippen LogP contribution is -3.00. The van der Waals surface area contributed by atoms with Gasteiger partial charge in [-0.15, -0.1) is 0 Å². The Morgan fingerprint density at radius 1 is 0.329 bits per heavy atom. The Kier molecular flexibility index (Phi) is 25.8. The summed E-state index contributed by atoms with van der Waals surface area (Å²) >= 11 is 0. The summed E-state index contributed by atoms with van der Waals surface area (Å²) in [6.45, 7) is -3.69. The van der Waals surface area contributed by atoms with Crippen LogP contribution in [0.15, 0.2) is 0 Å². The third-order valence-corrected chi connectivity index (χ3v) is 10.4. The molecule has 0 radical (unpaired) electrons. The highest BCUT2D eigenvalue weighted by molar-refractivity contribution is 5.77.